The summed E-state index contributed by atoms with van der Waals surface area (Å²) in [5.41, 5.74) is 0.843. The van der Waals surface area contributed by atoms with Gasteiger partial charge in [0.1, 0.15) is 0 Å². The van der Waals surface area contributed by atoms with Crippen LogP contribution in [0.5, 0.6) is 5.75 Å². The molecule has 1 aliphatic heterocycles. The van der Waals surface area contributed by atoms with Crippen molar-refractivity contribution in [2.45, 2.75) is 18.9 Å². The zero-order chi connectivity index (χ0) is 24.7. The Balaban J connectivity index is 1.41. The average molecular weight is 500 g/mol. The molecule has 8 nitrogen and oxygen atoms in total. The van der Waals surface area contributed by atoms with Crippen molar-refractivity contribution in [3.05, 3.63) is 69.2 Å². The van der Waals surface area contributed by atoms with Gasteiger partial charge in [-0.3, -0.25) is 14.5 Å². The minimum atomic E-state index is -1.76. The highest BCUT2D eigenvalue weighted by atomic mass is 35.5. The largest absolute Gasteiger partial charge is 0.511 e. The van der Waals surface area contributed by atoms with E-state index in [1.807, 2.05) is 23.1 Å². The van der Waals surface area contributed by atoms with E-state index in [0.29, 0.717) is 67.4 Å². The Morgan fingerprint density at radius 3 is 2.40 bits per heavy atom. The van der Waals surface area contributed by atoms with Crippen LogP contribution < -0.4 is 15.1 Å². The molecule has 1 saturated heterocycles. The van der Waals surface area contributed by atoms with Gasteiger partial charge in [0, 0.05) is 37.8 Å². The van der Waals surface area contributed by atoms with Crippen LogP contribution in [-0.2, 0) is 0 Å². The van der Waals surface area contributed by atoms with Gasteiger partial charge in [0.15, 0.2) is 5.78 Å². The van der Waals surface area contributed by atoms with Gasteiger partial charge in [0.25, 0.3) is 0 Å². The summed E-state index contributed by atoms with van der Waals surface area (Å²) >= 11 is 6.55. The Kier molecular flexibility index (Phi) is 6.21. The number of carbonyl (C=O) groups excluding carboxylic acids is 1. The second kappa shape index (κ2) is 9.31. The molecule has 2 fully saturated rings. The van der Waals surface area contributed by atoms with Crippen LogP contribution in [0.4, 0.5) is 14.9 Å². The van der Waals surface area contributed by atoms with Crippen LogP contribution in [0, 0.1) is 5.95 Å². The molecule has 1 aromatic heterocycles. The number of ether oxygens (including phenoxy) is 1. The van der Waals surface area contributed by atoms with E-state index < -0.39 is 23.3 Å². The molecule has 0 radical (unpaired) electrons. The highest BCUT2D eigenvalue weighted by Crippen LogP contribution is 2.41. The van der Waals surface area contributed by atoms with Gasteiger partial charge in [-0.05, 0) is 25.0 Å². The quantitative estimate of drug-likeness (QED) is 0.309. The number of ketones is 1. The summed E-state index contributed by atoms with van der Waals surface area (Å²) in [7, 11) is 0. The van der Waals surface area contributed by atoms with Crippen molar-refractivity contribution in [2.24, 2.45) is 0 Å². The lowest BCUT2D eigenvalue weighted by Gasteiger charge is -2.36. The first-order valence-corrected chi connectivity index (χ1v) is 11.7. The lowest BCUT2D eigenvalue weighted by atomic mass is 10.1. The molecule has 5 rings (SSSR count). The van der Waals surface area contributed by atoms with Gasteiger partial charge in [-0.25, -0.2) is 4.79 Å². The Labute approximate surface area is 205 Å². The van der Waals surface area contributed by atoms with E-state index in [0.717, 1.165) is 0 Å². The monoisotopic (exact) mass is 499 g/mol. The van der Waals surface area contributed by atoms with Crippen LogP contribution in [0.2, 0.25) is 5.02 Å². The fraction of sp³-hybridized carbons (Fsp3) is 0.320. The van der Waals surface area contributed by atoms with Crippen LogP contribution in [0.15, 0.2) is 47.3 Å². The third-order valence-electron chi connectivity index (χ3n) is 6.45. The van der Waals surface area contributed by atoms with Crippen molar-refractivity contribution in [2.75, 3.05) is 37.6 Å². The zero-order valence-corrected chi connectivity index (χ0v) is 19.5. The fourth-order valence-electron chi connectivity index (χ4n) is 4.54. The van der Waals surface area contributed by atoms with E-state index in [1.165, 1.54) is 10.6 Å². The molecule has 10 heteroatoms. The van der Waals surface area contributed by atoms with E-state index in [-0.39, 0.29) is 17.2 Å². The van der Waals surface area contributed by atoms with Crippen LogP contribution >= 0.6 is 11.6 Å². The molecular formula is C25H23ClFN3O5. The second-order valence-electron chi connectivity index (χ2n) is 8.79. The Bertz CT molecular complexity index is 1370. The van der Waals surface area contributed by atoms with Crippen LogP contribution in [-0.4, -0.2) is 59.2 Å². The van der Waals surface area contributed by atoms with Gasteiger partial charge in [-0.2, -0.15) is 4.39 Å². The molecule has 1 saturated carbocycles. The number of Topliss-reactive ketones (excluding diaryl/α,β-unsaturated/α-hetero) is 1. The van der Waals surface area contributed by atoms with Gasteiger partial charge in [0.2, 0.25) is 17.1 Å². The third kappa shape index (κ3) is 4.61. The molecule has 1 aliphatic carbocycles. The van der Waals surface area contributed by atoms with Crippen molar-refractivity contribution in [3.63, 3.8) is 0 Å². The number of anilines is 1. The van der Waals surface area contributed by atoms with Gasteiger partial charge in [-0.15, -0.1) is 0 Å². The Hall–Kier alpha value is -3.43. The summed E-state index contributed by atoms with van der Waals surface area (Å²) in [6, 6.07) is 12.1. The number of carboxylic acid groups (broad SMARTS) is 1. The minimum absolute atomic E-state index is 0.0612. The number of hydrogen-bond acceptors (Lipinski definition) is 6. The number of fused-ring (bicyclic) bond motifs is 1. The van der Waals surface area contributed by atoms with E-state index in [4.69, 9.17) is 16.7 Å². The number of halogens is 2. The smallest absolute Gasteiger partial charge is 0.449 e. The number of nitrogens with zero attached hydrogens (tertiary/aromatic N) is 3. The maximum Gasteiger partial charge on any atom is 0.511 e. The van der Waals surface area contributed by atoms with Crippen molar-refractivity contribution in [1.82, 2.24) is 9.47 Å². The molecule has 182 valence electrons. The summed E-state index contributed by atoms with van der Waals surface area (Å²) in [5.74, 6) is -1.77. The molecule has 0 unspecified atom stereocenters. The van der Waals surface area contributed by atoms with E-state index in [1.54, 1.807) is 18.2 Å². The number of aromatic nitrogens is 1. The molecule has 0 bridgehead atoms. The average Bonchev–Trinajstić information content (AvgIpc) is 3.68. The van der Waals surface area contributed by atoms with E-state index >= 15 is 4.39 Å². The number of hydrogen-bond donors (Lipinski definition) is 1. The van der Waals surface area contributed by atoms with Gasteiger partial charge < -0.3 is 19.3 Å². The molecule has 0 spiro atoms. The zero-order valence-electron chi connectivity index (χ0n) is 18.7. The second-order valence-corrected chi connectivity index (χ2v) is 9.20. The van der Waals surface area contributed by atoms with Gasteiger partial charge in [-0.1, -0.05) is 41.9 Å². The number of benzene rings is 2. The maximum atomic E-state index is 15.2. The standard InChI is InChI=1S/C25H23ClFN3O5/c26-18-12-17-19(30(16-6-7-16)24(27)23(22(17)32)35-25(33)34)13-20(18)29-10-8-28(9-11-29)14-21(31)15-4-2-1-3-5-15/h1-5,12-13,16H,6-11,14H2,(H,33,34). The SMILES string of the molecule is O=C(O)Oc1c(F)n(C2CC2)c2cc(N3CCN(CC(=O)c4ccccc4)CC3)c(Cl)cc2c1=O. The fourth-order valence-corrected chi connectivity index (χ4v) is 4.82. The minimum Gasteiger partial charge on any atom is -0.449 e. The van der Waals surface area contributed by atoms with Crippen molar-refractivity contribution in [1.29, 1.82) is 0 Å². The maximum absolute atomic E-state index is 15.2. The first-order valence-electron chi connectivity index (χ1n) is 11.4. The normalized spacial score (nSPS) is 16.5. The van der Waals surface area contributed by atoms with E-state index in [9.17, 15) is 14.4 Å². The molecule has 35 heavy (non-hydrogen) atoms. The van der Waals surface area contributed by atoms with Crippen LogP contribution in [0.1, 0.15) is 29.2 Å². The molecule has 0 amide bonds. The molecule has 2 heterocycles. The Morgan fingerprint density at radius 2 is 1.77 bits per heavy atom. The molecule has 1 N–H and O–H groups in total. The van der Waals surface area contributed by atoms with Crippen molar-refractivity contribution >= 4 is 40.1 Å². The highest BCUT2D eigenvalue weighted by molar-refractivity contribution is 6.34. The number of piperazine rings is 1. The molecule has 3 aromatic rings. The highest BCUT2D eigenvalue weighted by Gasteiger charge is 2.32. The summed E-state index contributed by atoms with van der Waals surface area (Å²) in [6.45, 7) is 2.81. The molecule has 2 aliphatic rings. The number of carbonyl (C=O) groups is 2. The van der Waals surface area contributed by atoms with Gasteiger partial charge >= 0.3 is 6.16 Å². The summed E-state index contributed by atoms with van der Waals surface area (Å²) in [5, 5.41) is 9.36. The summed E-state index contributed by atoms with van der Waals surface area (Å²) < 4.78 is 21.0. The van der Waals surface area contributed by atoms with Crippen LogP contribution in [0.25, 0.3) is 10.9 Å². The number of rotatable bonds is 6. The summed E-state index contributed by atoms with van der Waals surface area (Å²) in [6.07, 6.45) is -0.324. The number of pyridine rings is 1. The first kappa shape index (κ1) is 23.3. The summed E-state index contributed by atoms with van der Waals surface area (Å²) in [4.78, 5) is 40.5. The molecular weight excluding hydrogens is 477 g/mol. The van der Waals surface area contributed by atoms with Crippen molar-refractivity contribution < 1.29 is 23.8 Å². The predicted molar refractivity (Wildman–Crippen MR) is 130 cm³/mol. The topological polar surface area (TPSA) is 92.1 Å². The molecule has 0 atom stereocenters. The van der Waals surface area contributed by atoms with Crippen molar-refractivity contribution in [3.8, 4) is 5.75 Å². The third-order valence-corrected chi connectivity index (χ3v) is 6.75. The molecule has 2 aromatic carbocycles. The lowest BCUT2D eigenvalue weighted by molar-refractivity contribution is 0.0926. The predicted octanol–water partition coefficient (Wildman–Crippen LogP) is 4.19. The van der Waals surface area contributed by atoms with E-state index in [2.05, 4.69) is 9.64 Å². The Morgan fingerprint density at radius 1 is 1.09 bits per heavy atom. The lowest BCUT2D eigenvalue weighted by Crippen LogP contribution is -2.48. The van der Waals surface area contributed by atoms with Crippen LogP contribution in [0.3, 0.4) is 0 Å². The van der Waals surface area contributed by atoms with Gasteiger partial charge in [0.05, 0.1) is 28.2 Å². The first-order chi connectivity index (χ1) is 16.8.